The van der Waals surface area contributed by atoms with Crippen molar-refractivity contribution in [1.29, 1.82) is 5.26 Å². The van der Waals surface area contributed by atoms with E-state index in [9.17, 15) is 4.79 Å². The summed E-state index contributed by atoms with van der Waals surface area (Å²) in [6, 6.07) is 5.42. The van der Waals surface area contributed by atoms with Crippen LogP contribution in [0.15, 0.2) is 29.3 Å². The van der Waals surface area contributed by atoms with E-state index >= 15 is 0 Å². The summed E-state index contributed by atoms with van der Waals surface area (Å²) in [4.78, 5) is 22.7. The van der Waals surface area contributed by atoms with Gasteiger partial charge in [0.2, 0.25) is 0 Å². The van der Waals surface area contributed by atoms with E-state index < -0.39 is 0 Å². The van der Waals surface area contributed by atoms with Crippen molar-refractivity contribution in [3.05, 3.63) is 46.3 Å². The molecule has 0 N–H and O–H groups in total. The maximum absolute atomic E-state index is 12.2. The number of nitrogens with zero attached hydrogens (tertiary/aromatic N) is 6. The summed E-state index contributed by atoms with van der Waals surface area (Å²) in [6.45, 7) is 8.66. The Hall–Kier alpha value is -2.75. The summed E-state index contributed by atoms with van der Waals surface area (Å²) in [6.07, 6.45) is 5.09. The van der Waals surface area contributed by atoms with Gasteiger partial charge in [0.25, 0.3) is 5.56 Å². The second-order valence-corrected chi connectivity index (χ2v) is 7.79. The Morgan fingerprint density at radius 1 is 1.19 bits per heavy atom. The fourth-order valence-corrected chi connectivity index (χ4v) is 3.11. The molecule has 0 radical (unpaired) electrons. The van der Waals surface area contributed by atoms with E-state index in [-0.39, 0.29) is 11.0 Å². The van der Waals surface area contributed by atoms with Gasteiger partial charge < -0.3 is 4.90 Å². The molecule has 7 heteroatoms. The average molecular weight is 352 g/mol. The van der Waals surface area contributed by atoms with Gasteiger partial charge in [0, 0.05) is 31.1 Å². The molecule has 0 aliphatic carbocycles. The summed E-state index contributed by atoms with van der Waals surface area (Å²) in [7, 11) is 0. The van der Waals surface area contributed by atoms with Gasteiger partial charge >= 0.3 is 0 Å². The van der Waals surface area contributed by atoms with Crippen LogP contribution in [0.3, 0.4) is 0 Å². The molecular weight excluding hydrogens is 328 g/mol. The van der Waals surface area contributed by atoms with Gasteiger partial charge in [-0.1, -0.05) is 20.8 Å². The van der Waals surface area contributed by atoms with Crippen LogP contribution in [0.25, 0.3) is 0 Å². The van der Waals surface area contributed by atoms with Crippen molar-refractivity contribution in [3.8, 4) is 6.07 Å². The number of aromatic nitrogens is 4. The van der Waals surface area contributed by atoms with E-state index in [2.05, 4.69) is 40.7 Å². The van der Waals surface area contributed by atoms with Crippen molar-refractivity contribution in [2.75, 3.05) is 18.0 Å². The lowest BCUT2D eigenvalue weighted by Gasteiger charge is -2.32. The molecule has 3 heterocycles. The molecule has 136 valence electrons. The minimum Gasteiger partial charge on any atom is -0.355 e. The van der Waals surface area contributed by atoms with Crippen LogP contribution in [0.5, 0.6) is 0 Å². The predicted octanol–water partition coefficient (Wildman–Crippen LogP) is 2.12. The molecule has 2 aromatic rings. The number of anilines is 1. The lowest BCUT2D eigenvalue weighted by Crippen LogP contribution is -2.37. The van der Waals surface area contributed by atoms with Gasteiger partial charge in [-0.2, -0.15) is 10.4 Å². The van der Waals surface area contributed by atoms with Crippen molar-refractivity contribution >= 4 is 5.82 Å². The molecule has 0 amide bonds. The molecule has 0 saturated carbocycles. The number of piperidine rings is 1. The van der Waals surface area contributed by atoms with Gasteiger partial charge in [-0.25, -0.2) is 14.6 Å². The van der Waals surface area contributed by atoms with Gasteiger partial charge in [-0.15, -0.1) is 0 Å². The molecule has 2 aromatic heterocycles. The first kappa shape index (κ1) is 18.1. The molecular formula is C19H24N6O. The van der Waals surface area contributed by atoms with Crippen LogP contribution in [0.2, 0.25) is 0 Å². The Kier molecular flexibility index (Phi) is 5.03. The van der Waals surface area contributed by atoms with Crippen LogP contribution in [-0.2, 0) is 12.0 Å². The fraction of sp³-hybridized carbons (Fsp3) is 0.526. The molecule has 0 atom stereocenters. The molecule has 3 rings (SSSR count). The Morgan fingerprint density at radius 2 is 1.92 bits per heavy atom. The van der Waals surface area contributed by atoms with Crippen LogP contribution >= 0.6 is 0 Å². The Labute approximate surface area is 153 Å². The van der Waals surface area contributed by atoms with Gasteiger partial charge in [-0.05, 0) is 24.8 Å². The van der Waals surface area contributed by atoms with Crippen LogP contribution in [0.1, 0.15) is 45.0 Å². The van der Waals surface area contributed by atoms with Crippen molar-refractivity contribution in [2.24, 2.45) is 5.92 Å². The molecule has 1 saturated heterocycles. The summed E-state index contributed by atoms with van der Waals surface area (Å²) in [5.41, 5.74) is 1.14. The summed E-state index contributed by atoms with van der Waals surface area (Å²) < 4.78 is 1.61. The topological polar surface area (TPSA) is 87.7 Å². The van der Waals surface area contributed by atoms with Crippen LogP contribution in [0, 0.1) is 17.2 Å². The average Bonchev–Trinajstić information content (AvgIpc) is 2.63. The highest BCUT2D eigenvalue weighted by molar-refractivity contribution is 5.37. The third-order valence-electron chi connectivity index (χ3n) is 4.76. The maximum Gasteiger partial charge on any atom is 0.266 e. The highest BCUT2D eigenvalue weighted by Crippen LogP contribution is 2.23. The zero-order chi connectivity index (χ0) is 18.7. The van der Waals surface area contributed by atoms with E-state index in [0.29, 0.717) is 18.2 Å². The lowest BCUT2D eigenvalue weighted by atomic mass is 9.92. The van der Waals surface area contributed by atoms with Crippen LogP contribution in [0.4, 0.5) is 5.82 Å². The highest BCUT2D eigenvalue weighted by Gasteiger charge is 2.22. The number of rotatable bonds is 3. The SMILES string of the molecule is CC(C)(C)c1ccc(=O)n(CC2CCN(c3cnc(C#N)cn3)CC2)n1. The Morgan fingerprint density at radius 3 is 2.50 bits per heavy atom. The van der Waals surface area contributed by atoms with E-state index in [1.807, 2.05) is 12.1 Å². The number of nitriles is 1. The minimum absolute atomic E-state index is 0.0432. The smallest absolute Gasteiger partial charge is 0.266 e. The van der Waals surface area contributed by atoms with Crippen molar-refractivity contribution < 1.29 is 0 Å². The van der Waals surface area contributed by atoms with Gasteiger partial charge in [0.15, 0.2) is 5.69 Å². The molecule has 7 nitrogen and oxygen atoms in total. The second kappa shape index (κ2) is 7.24. The number of hydrogen-bond donors (Lipinski definition) is 0. The molecule has 0 aromatic carbocycles. The van der Waals surface area contributed by atoms with Crippen molar-refractivity contribution in [1.82, 2.24) is 19.7 Å². The summed E-state index contributed by atoms with van der Waals surface area (Å²) in [5.74, 6) is 1.21. The molecule has 0 spiro atoms. The third-order valence-corrected chi connectivity index (χ3v) is 4.76. The fourth-order valence-electron chi connectivity index (χ4n) is 3.11. The monoisotopic (exact) mass is 352 g/mol. The standard InChI is InChI=1S/C19H24N6O/c1-19(2,3)16-4-5-18(26)25(23-16)13-14-6-8-24(9-7-14)17-12-21-15(10-20)11-22-17/h4-5,11-12,14H,6-9,13H2,1-3H3. The van der Waals surface area contributed by atoms with Gasteiger partial charge in [-0.3, -0.25) is 4.79 Å². The molecule has 26 heavy (non-hydrogen) atoms. The predicted molar refractivity (Wildman–Crippen MR) is 98.9 cm³/mol. The molecule has 0 bridgehead atoms. The zero-order valence-corrected chi connectivity index (χ0v) is 15.5. The first-order chi connectivity index (χ1) is 12.4. The Balaban J connectivity index is 1.64. The number of hydrogen-bond acceptors (Lipinski definition) is 6. The second-order valence-electron chi connectivity index (χ2n) is 7.79. The van der Waals surface area contributed by atoms with E-state index in [0.717, 1.165) is 37.4 Å². The molecule has 1 fully saturated rings. The molecule has 1 aliphatic rings. The largest absolute Gasteiger partial charge is 0.355 e. The quantitative estimate of drug-likeness (QED) is 0.841. The summed E-state index contributed by atoms with van der Waals surface area (Å²) in [5, 5.41) is 13.4. The van der Waals surface area contributed by atoms with Gasteiger partial charge in [0.1, 0.15) is 11.9 Å². The zero-order valence-electron chi connectivity index (χ0n) is 15.5. The first-order valence-corrected chi connectivity index (χ1v) is 8.92. The Bertz CT molecular complexity index is 851. The lowest BCUT2D eigenvalue weighted by molar-refractivity contribution is 0.329. The molecule has 0 unspecified atom stereocenters. The maximum atomic E-state index is 12.2. The molecule has 1 aliphatic heterocycles. The van der Waals surface area contributed by atoms with E-state index in [1.165, 1.54) is 6.20 Å². The van der Waals surface area contributed by atoms with Gasteiger partial charge in [0.05, 0.1) is 18.1 Å². The van der Waals surface area contributed by atoms with E-state index in [4.69, 9.17) is 5.26 Å². The minimum atomic E-state index is -0.0763. The first-order valence-electron chi connectivity index (χ1n) is 8.92. The third kappa shape index (κ3) is 4.07. The van der Waals surface area contributed by atoms with Crippen LogP contribution in [-0.4, -0.2) is 32.8 Å². The van der Waals surface area contributed by atoms with Crippen LogP contribution < -0.4 is 10.5 Å². The van der Waals surface area contributed by atoms with E-state index in [1.54, 1.807) is 16.9 Å². The van der Waals surface area contributed by atoms with Crippen molar-refractivity contribution in [3.63, 3.8) is 0 Å². The normalized spacial score (nSPS) is 15.7. The highest BCUT2D eigenvalue weighted by atomic mass is 16.1. The van der Waals surface area contributed by atoms with Crippen molar-refractivity contribution in [2.45, 2.75) is 45.6 Å². The summed E-state index contributed by atoms with van der Waals surface area (Å²) >= 11 is 0.